The standard InChI is InChI=1S/C16H19N3O/c1-11-8-13(3)14(9-12(11)2)4-5-19-16(20)15-10-17-6-7-18-15/h6-10H,4-5H2,1-3H3,(H,19,20). The minimum atomic E-state index is -0.181. The Kier molecular flexibility index (Phi) is 4.45. The number of hydrogen-bond donors (Lipinski definition) is 1. The second-order valence-corrected chi connectivity index (χ2v) is 4.96. The van der Waals surface area contributed by atoms with Crippen LogP contribution in [0.15, 0.2) is 30.7 Å². The molecule has 0 bridgehead atoms. The molecule has 2 aromatic rings. The topological polar surface area (TPSA) is 54.9 Å². The zero-order chi connectivity index (χ0) is 14.5. The number of nitrogens with zero attached hydrogens (tertiary/aromatic N) is 2. The molecule has 1 heterocycles. The Morgan fingerprint density at radius 3 is 2.55 bits per heavy atom. The molecular formula is C16H19N3O. The molecule has 1 aromatic heterocycles. The molecule has 0 unspecified atom stereocenters. The van der Waals surface area contributed by atoms with Crippen LogP contribution < -0.4 is 5.32 Å². The van der Waals surface area contributed by atoms with Gasteiger partial charge < -0.3 is 5.32 Å². The van der Waals surface area contributed by atoms with Gasteiger partial charge in [0.1, 0.15) is 5.69 Å². The van der Waals surface area contributed by atoms with Gasteiger partial charge in [-0.3, -0.25) is 9.78 Å². The molecule has 20 heavy (non-hydrogen) atoms. The maximum absolute atomic E-state index is 11.8. The van der Waals surface area contributed by atoms with Gasteiger partial charge in [0.05, 0.1) is 6.20 Å². The minimum absolute atomic E-state index is 0.181. The van der Waals surface area contributed by atoms with E-state index in [4.69, 9.17) is 0 Å². The van der Waals surface area contributed by atoms with Crippen molar-refractivity contribution in [1.29, 1.82) is 0 Å². The number of rotatable bonds is 4. The van der Waals surface area contributed by atoms with E-state index in [1.165, 1.54) is 34.6 Å². The average molecular weight is 269 g/mol. The second-order valence-electron chi connectivity index (χ2n) is 4.96. The lowest BCUT2D eigenvalue weighted by Crippen LogP contribution is -2.26. The molecule has 0 fully saturated rings. The third kappa shape index (κ3) is 3.41. The van der Waals surface area contributed by atoms with Crippen LogP contribution in [0.2, 0.25) is 0 Å². The summed E-state index contributed by atoms with van der Waals surface area (Å²) in [4.78, 5) is 19.7. The van der Waals surface area contributed by atoms with Crippen molar-refractivity contribution < 1.29 is 4.79 Å². The Hall–Kier alpha value is -2.23. The number of hydrogen-bond acceptors (Lipinski definition) is 3. The van der Waals surface area contributed by atoms with Gasteiger partial charge in [0.2, 0.25) is 0 Å². The zero-order valence-corrected chi connectivity index (χ0v) is 12.1. The molecule has 0 aliphatic carbocycles. The molecular weight excluding hydrogens is 250 g/mol. The Morgan fingerprint density at radius 1 is 1.10 bits per heavy atom. The van der Waals surface area contributed by atoms with Crippen LogP contribution in [0, 0.1) is 20.8 Å². The fraction of sp³-hybridized carbons (Fsp3) is 0.312. The van der Waals surface area contributed by atoms with Crippen LogP contribution in [0.4, 0.5) is 0 Å². The summed E-state index contributed by atoms with van der Waals surface area (Å²) in [5.74, 6) is -0.181. The molecule has 1 amide bonds. The fourth-order valence-electron chi connectivity index (χ4n) is 2.11. The van der Waals surface area contributed by atoms with Crippen molar-refractivity contribution >= 4 is 5.91 Å². The number of amides is 1. The summed E-state index contributed by atoms with van der Waals surface area (Å²) in [5.41, 5.74) is 5.47. The van der Waals surface area contributed by atoms with Gasteiger partial charge in [-0.05, 0) is 49.4 Å². The normalized spacial score (nSPS) is 10.3. The maximum atomic E-state index is 11.8. The smallest absolute Gasteiger partial charge is 0.271 e. The zero-order valence-electron chi connectivity index (χ0n) is 12.1. The number of aryl methyl sites for hydroxylation is 3. The van der Waals surface area contributed by atoms with E-state index in [0.29, 0.717) is 12.2 Å². The van der Waals surface area contributed by atoms with E-state index in [-0.39, 0.29) is 5.91 Å². The molecule has 4 heteroatoms. The Bertz CT molecular complexity index is 609. The van der Waals surface area contributed by atoms with E-state index < -0.39 is 0 Å². The highest BCUT2D eigenvalue weighted by molar-refractivity contribution is 5.91. The fourth-order valence-corrected chi connectivity index (χ4v) is 2.11. The number of carbonyl (C=O) groups excluding carboxylic acids is 1. The van der Waals surface area contributed by atoms with Gasteiger partial charge in [-0.25, -0.2) is 4.98 Å². The number of benzene rings is 1. The third-order valence-electron chi connectivity index (χ3n) is 3.43. The molecule has 0 aliphatic heterocycles. The molecule has 0 saturated carbocycles. The van der Waals surface area contributed by atoms with Crippen molar-refractivity contribution in [2.75, 3.05) is 6.54 Å². The highest BCUT2D eigenvalue weighted by Crippen LogP contribution is 2.15. The first-order chi connectivity index (χ1) is 9.58. The van der Waals surface area contributed by atoms with Gasteiger partial charge in [0.15, 0.2) is 0 Å². The van der Waals surface area contributed by atoms with Gasteiger partial charge in [-0.2, -0.15) is 0 Å². The highest BCUT2D eigenvalue weighted by Gasteiger charge is 2.07. The van der Waals surface area contributed by atoms with E-state index in [1.54, 1.807) is 6.20 Å². The quantitative estimate of drug-likeness (QED) is 0.927. The predicted molar refractivity (Wildman–Crippen MR) is 78.7 cm³/mol. The molecule has 0 radical (unpaired) electrons. The van der Waals surface area contributed by atoms with Gasteiger partial charge in [0, 0.05) is 18.9 Å². The Morgan fingerprint density at radius 2 is 1.85 bits per heavy atom. The van der Waals surface area contributed by atoms with Crippen LogP contribution in [0.5, 0.6) is 0 Å². The van der Waals surface area contributed by atoms with Crippen molar-refractivity contribution in [2.24, 2.45) is 0 Å². The van der Waals surface area contributed by atoms with Crippen molar-refractivity contribution in [1.82, 2.24) is 15.3 Å². The molecule has 0 aliphatic rings. The summed E-state index contributed by atoms with van der Waals surface area (Å²) in [6, 6.07) is 4.38. The van der Waals surface area contributed by atoms with E-state index in [9.17, 15) is 4.79 Å². The lowest BCUT2D eigenvalue weighted by molar-refractivity contribution is 0.0948. The Balaban J connectivity index is 1.94. The SMILES string of the molecule is Cc1cc(C)c(CCNC(=O)c2cnccn2)cc1C. The summed E-state index contributed by atoms with van der Waals surface area (Å²) in [6.45, 7) is 6.92. The molecule has 1 aromatic carbocycles. The van der Waals surface area contributed by atoms with Crippen LogP contribution in [0.1, 0.15) is 32.7 Å². The van der Waals surface area contributed by atoms with E-state index in [0.717, 1.165) is 6.42 Å². The van der Waals surface area contributed by atoms with E-state index >= 15 is 0 Å². The highest BCUT2D eigenvalue weighted by atomic mass is 16.1. The first-order valence-corrected chi connectivity index (χ1v) is 6.69. The van der Waals surface area contributed by atoms with Crippen LogP contribution in [-0.4, -0.2) is 22.4 Å². The van der Waals surface area contributed by atoms with E-state index in [1.807, 2.05) is 0 Å². The Labute approximate surface area is 119 Å². The molecule has 2 rings (SSSR count). The number of carbonyl (C=O) groups is 1. The lowest BCUT2D eigenvalue weighted by Gasteiger charge is -2.10. The first-order valence-electron chi connectivity index (χ1n) is 6.69. The van der Waals surface area contributed by atoms with E-state index in [2.05, 4.69) is 48.2 Å². The summed E-state index contributed by atoms with van der Waals surface area (Å²) in [6.07, 6.45) is 5.35. The molecule has 104 valence electrons. The van der Waals surface area contributed by atoms with Gasteiger partial charge in [-0.1, -0.05) is 12.1 Å². The van der Waals surface area contributed by atoms with Gasteiger partial charge in [-0.15, -0.1) is 0 Å². The predicted octanol–water partition coefficient (Wildman–Crippen LogP) is 2.37. The van der Waals surface area contributed by atoms with Crippen LogP contribution >= 0.6 is 0 Å². The van der Waals surface area contributed by atoms with Crippen molar-refractivity contribution in [3.8, 4) is 0 Å². The minimum Gasteiger partial charge on any atom is -0.350 e. The molecule has 0 saturated heterocycles. The number of nitrogens with one attached hydrogen (secondary N) is 1. The summed E-state index contributed by atoms with van der Waals surface area (Å²) < 4.78 is 0. The third-order valence-corrected chi connectivity index (χ3v) is 3.43. The van der Waals surface area contributed by atoms with Crippen molar-refractivity contribution in [3.63, 3.8) is 0 Å². The first kappa shape index (κ1) is 14.2. The van der Waals surface area contributed by atoms with Crippen molar-refractivity contribution in [3.05, 3.63) is 58.7 Å². The van der Waals surface area contributed by atoms with Gasteiger partial charge in [0.25, 0.3) is 5.91 Å². The summed E-state index contributed by atoms with van der Waals surface area (Å²) in [7, 11) is 0. The second kappa shape index (κ2) is 6.28. The molecule has 4 nitrogen and oxygen atoms in total. The van der Waals surface area contributed by atoms with Crippen molar-refractivity contribution in [2.45, 2.75) is 27.2 Å². The lowest BCUT2D eigenvalue weighted by atomic mass is 9.99. The van der Waals surface area contributed by atoms with Crippen LogP contribution in [0.3, 0.4) is 0 Å². The van der Waals surface area contributed by atoms with Crippen LogP contribution in [-0.2, 0) is 6.42 Å². The number of aromatic nitrogens is 2. The maximum Gasteiger partial charge on any atom is 0.271 e. The molecule has 0 atom stereocenters. The monoisotopic (exact) mass is 269 g/mol. The summed E-state index contributed by atoms with van der Waals surface area (Å²) >= 11 is 0. The molecule has 0 spiro atoms. The van der Waals surface area contributed by atoms with Crippen LogP contribution in [0.25, 0.3) is 0 Å². The van der Waals surface area contributed by atoms with Gasteiger partial charge >= 0.3 is 0 Å². The largest absolute Gasteiger partial charge is 0.350 e. The average Bonchev–Trinajstić information content (AvgIpc) is 2.45. The summed E-state index contributed by atoms with van der Waals surface area (Å²) in [5, 5.41) is 2.87. The molecule has 1 N–H and O–H groups in total.